The van der Waals surface area contributed by atoms with E-state index in [1.54, 1.807) is 12.3 Å². The van der Waals surface area contributed by atoms with Crippen LogP contribution in [0.4, 0.5) is 5.82 Å². The fraction of sp³-hybridized carbons (Fsp3) is 0.389. The third kappa shape index (κ3) is 6.34. The van der Waals surface area contributed by atoms with Crippen LogP contribution >= 0.6 is 38.4 Å². The molecule has 1 aromatic carbocycles. The Morgan fingerprint density at radius 2 is 1.94 bits per heavy atom. The number of fused-ring (bicyclic) bond motifs is 1. The number of benzene rings is 1. The first-order chi connectivity index (χ1) is 16.0. The molecule has 0 radical (unpaired) electrons. The van der Waals surface area contributed by atoms with Crippen LogP contribution in [0.15, 0.2) is 30.5 Å². The van der Waals surface area contributed by atoms with Crippen LogP contribution in [0.1, 0.15) is 24.6 Å². The topological polar surface area (TPSA) is 169 Å². The highest BCUT2D eigenvalue weighted by Gasteiger charge is 2.34. The Hall–Kier alpha value is -1.59. The summed E-state index contributed by atoms with van der Waals surface area (Å²) in [4.78, 5) is 35.9. The van der Waals surface area contributed by atoms with Gasteiger partial charge in [0.1, 0.15) is 5.82 Å². The lowest BCUT2D eigenvalue weighted by molar-refractivity contribution is -0.0230. The maximum absolute atomic E-state index is 11.9. The van der Waals surface area contributed by atoms with Crippen LogP contribution in [-0.2, 0) is 24.9 Å². The number of rotatable bonds is 9. The van der Waals surface area contributed by atoms with Crippen LogP contribution in [0.3, 0.4) is 0 Å². The predicted molar refractivity (Wildman–Crippen MR) is 125 cm³/mol. The van der Waals surface area contributed by atoms with Crippen molar-refractivity contribution < 1.29 is 33.1 Å². The molecule has 0 amide bonds. The fourth-order valence-electron chi connectivity index (χ4n) is 3.53. The standard InChI is InChI=1S/C18H21Cl2N5O7P2/c19-14-4-2-1-3-11(14)7-21-16-13-8-22-25(17(13)24-18(20)23-16)15-6-5-12(32-15)9-31-34(29,30)10-33(26,27)28/h1-4,8,12,15H,5-7,9-10H2,(H,29,30)(H,21,23,24)(H2,26,27,28)/t12-,15+/m0/s1. The molecule has 4 N–H and O–H groups in total. The number of nitrogens with one attached hydrogen (secondary N) is 1. The zero-order chi connectivity index (χ0) is 24.5. The van der Waals surface area contributed by atoms with Crippen molar-refractivity contribution >= 4 is 55.2 Å². The van der Waals surface area contributed by atoms with Crippen LogP contribution in [0, 0.1) is 0 Å². The Morgan fingerprint density at radius 3 is 2.68 bits per heavy atom. The lowest BCUT2D eigenvalue weighted by Gasteiger charge is -2.17. The van der Waals surface area contributed by atoms with Crippen LogP contribution in [-0.4, -0.2) is 53.0 Å². The summed E-state index contributed by atoms with van der Waals surface area (Å²) < 4.78 is 35.1. The van der Waals surface area contributed by atoms with Crippen molar-refractivity contribution in [2.24, 2.45) is 0 Å². The largest absolute Gasteiger partial charge is 0.365 e. The van der Waals surface area contributed by atoms with Crippen LogP contribution < -0.4 is 5.32 Å². The average Bonchev–Trinajstić information content (AvgIpc) is 3.36. The molecule has 184 valence electrons. The molecular formula is C18H21Cl2N5O7P2. The Morgan fingerprint density at radius 1 is 1.18 bits per heavy atom. The quantitative estimate of drug-likeness (QED) is 0.225. The molecule has 16 heteroatoms. The molecular weight excluding hydrogens is 531 g/mol. The van der Waals surface area contributed by atoms with Crippen molar-refractivity contribution in [1.82, 2.24) is 19.7 Å². The van der Waals surface area contributed by atoms with Crippen molar-refractivity contribution in [2.45, 2.75) is 31.7 Å². The van der Waals surface area contributed by atoms with E-state index in [1.807, 2.05) is 18.2 Å². The molecule has 3 atom stereocenters. The SMILES string of the molecule is O=P(O)(O)CP(=O)(O)OC[C@@H]1CC[C@H](n2ncc3c(NCc4ccccc4Cl)nc(Cl)nc32)O1. The summed E-state index contributed by atoms with van der Waals surface area (Å²) >= 11 is 12.4. The molecule has 1 aliphatic rings. The van der Waals surface area contributed by atoms with E-state index in [9.17, 15) is 14.0 Å². The van der Waals surface area contributed by atoms with Crippen molar-refractivity contribution in [3.63, 3.8) is 0 Å². The average molecular weight is 552 g/mol. The molecule has 1 aliphatic heterocycles. The Balaban J connectivity index is 1.45. The van der Waals surface area contributed by atoms with Gasteiger partial charge in [0.25, 0.3) is 0 Å². The van der Waals surface area contributed by atoms with Gasteiger partial charge in [-0.2, -0.15) is 15.1 Å². The molecule has 1 saturated heterocycles. The van der Waals surface area contributed by atoms with E-state index in [2.05, 4.69) is 20.4 Å². The molecule has 3 aromatic rings. The van der Waals surface area contributed by atoms with Gasteiger partial charge in [0, 0.05) is 11.6 Å². The fourth-order valence-corrected chi connectivity index (χ4v) is 6.48. The van der Waals surface area contributed by atoms with Crippen LogP contribution in [0.2, 0.25) is 10.3 Å². The van der Waals surface area contributed by atoms with Crippen molar-refractivity contribution in [3.05, 3.63) is 46.3 Å². The van der Waals surface area contributed by atoms with Crippen LogP contribution in [0.5, 0.6) is 0 Å². The van der Waals surface area contributed by atoms with E-state index in [4.69, 9.17) is 42.2 Å². The van der Waals surface area contributed by atoms with Gasteiger partial charge in [-0.1, -0.05) is 29.8 Å². The van der Waals surface area contributed by atoms with E-state index >= 15 is 0 Å². The second-order valence-corrected chi connectivity index (χ2v) is 12.4. The van der Waals surface area contributed by atoms with Gasteiger partial charge < -0.3 is 29.3 Å². The summed E-state index contributed by atoms with van der Waals surface area (Å²) in [7, 11) is -9.16. The minimum Gasteiger partial charge on any atom is -0.365 e. The molecule has 0 spiro atoms. The maximum Gasteiger partial charge on any atom is 0.340 e. The van der Waals surface area contributed by atoms with Gasteiger partial charge in [0.05, 0.1) is 24.3 Å². The first-order valence-corrected chi connectivity index (χ1v) is 14.4. The van der Waals surface area contributed by atoms with Gasteiger partial charge in [-0.25, -0.2) is 4.68 Å². The highest BCUT2D eigenvalue weighted by Crippen LogP contribution is 2.55. The smallest absolute Gasteiger partial charge is 0.340 e. The summed E-state index contributed by atoms with van der Waals surface area (Å²) in [5.41, 5.74) is 1.31. The predicted octanol–water partition coefficient (Wildman–Crippen LogP) is 3.76. The van der Waals surface area contributed by atoms with E-state index in [1.165, 1.54) is 4.68 Å². The number of halogens is 2. The van der Waals surface area contributed by atoms with E-state index in [0.29, 0.717) is 41.3 Å². The molecule has 12 nitrogen and oxygen atoms in total. The van der Waals surface area contributed by atoms with Gasteiger partial charge >= 0.3 is 15.2 Å². The summed E-state index contributed by atoms with van der Waals surface area (Å²) in [5, 5.41) is 8.79. The number of hydrogen-bond acceptors (Lipinski definition) is 8. The van der Waals surface area contributed by atoms with Crippen molar-refractivity contribution in [1.29, 1.82) is 0 Å². The molecule has 2 aromatic heterocycles. The Bertz CT molecular complexity index is 1290. The Labute approximate surface area is 203 Å². The zero-order valence-corrected chi connectivity index (χ0v) is 20.8. The summed E-state index contributed by atoms with van der Waals surface area (Å²) in [5.74, 6) is -0.781. The number of anilines is 1. The molecule has 34 heavy (non-hydrogen) atoms. The summed E-state index contributed by atoms with van der Waals surface area (Å²) in [6, 6.07) is 7.40. The monoisotopic (exact) mass is 551 g/mol. The Kier molecular flexibility index (Phi) is 7.64. The molecule has 1 fully saturated rings. The minimum atomic E-state index is -4.70. The molecule has 1 unspecified atom stereocenters. The first kappa shape index (κ1) is 25.5. The number of hydrogen-bond donors (Lipinski definition) is 4. The van der Waals surface area contributed by atoms with E-state index in [-0.39, 0.29) is 11.9 Å². The van der Waals surface area contributed by atoms with E-state index < -0.39 is 33.4 Å². The van der Waals surface area contributed by atoms with E-state index in [0.717, 1.165) is 5.56 Å². The molecule has 0 bridgehead atoms. The third-order valence-corrected chi connectivity index (χ3v) is 9.01. The molecule has 0 saturated carbocycles. The molecule has 4 rings (SSSR count). The lowest BCUT2D eigenvalue weighted by Crippen LogP contribution is -2.17. The minimum absolute atomic E-state index is 0.00689. The molecule has 3 heterocycles. The van der Waals surface area contributed by atoms with Gasteiger partial charge in [0.15, 0.2) is 17.8 Å². The second-order valence-electron chi connectivity index (χ2n) is 7.64. The maximum atomic E-state index is 11.9. The van der Waals surface area contributed by atoms with Gasteiger partial charge in [-0.15, -0.1) is 0 Å². The number of ether oxygens (including phenoxy) is 1. The second kappa shape index (κ2) is 10.2. The number of aromatic nitrogens is 4. The molecule has 0 aliphatic carbocycles. The first-order valence-electron chi connectivity index (χ1n) is 10.1. The highest BCUT2D eigenvalue weighted by molar-refractivity contribution is 7.70. The van der Waals surface area contributed by atoms with Crippen molar-refractivity contribution in [3.8, 4) is 0 Å². The van der Waals surface area contributed by atoms with Gasteiger partial charge in [-0.3, -0.25) is 9.13 Å². The van der Waals surface area contributed by atoms with Gasteiger partial charge in [-0.05, 0) is 36.1 Å². The summed E-state index contributed by atoms with van der Waals surface area (Å²) in [6.07, 6.45) is 1.43. The number of nitrogens with zero attached hydrogens (tertiary/aromatic N) is 4. The highest BCUT2D eigenvalue weighted by atomic mass is 35.5. The van der Waals surface area contributed by atoms with Gasteiger partial charge in [0.2, 0.25) is 5.28 Å². The van der Waals surface area contributed by atoms with Crippen molar-refractivity contribution in [2.75, 3.05) is 17.8 Å². The lowest BCUT2D eigenvalue weighted by atomic mass is 10.2. The zero-order valence-electron chi connectivity index (χ0n) is 17.5. The normalized spacial score (nSPS) is 20.5. The third-order valence-electron chi connectivity index (χ3n) is 5.01. The summed E-state index contributed by atoms with van der Waals surface area (Å²) in [6.45, 7) is 0.103. The van der Waals surface area contributed by atoms with Crippen LogP contribution in [0.25, 0.3) is 11.0 Å².